The van der Waals surface area contributed by atoms with E-state index < -0.39 is 0 Å². The molecule has 27 heavy (non-hydrogen) atoms. The summed E-state index contributed by atoms with van der Waals surface area (Å²) in [5.41, 5.74) is 3.79. The number of aryl methyl sites for hydroxylation is 1. The van der Waals surface area contributed by atoms with Gasteiger partial charge in [-0.3, -0.25) is 0 Å². The maximum Gasteiger partial charge on any atom is 0.143 e. The van der Waals surface area contributed by atoms with Gasteiger partial charge in [-0.1, -0.05) is 17.7 Å². The van der Waals surface area contributed by atoms with Crippen LogP contribution in [0.15, 0.2) is 36.4 Å². The quantitative estimate of drug-likeness (QED) is 0.562. The van der Waals surface area contributed by atoms with E-state index in [9.17, 15) is 0 Å². The minimum absolute atomic E-state index is 0.580. The van der Waals surface area contributed by atoms with Crippen LogP contribution in [0.3, 0.4) is 0 Å². The van der Waals surface area contributed by atoms with Crippen molar-refractivity contribution in [2.75, 3.05) is 24.5 Å². The summed E-state index contributed by atoms with van der Waals surface area (Å²) >= 11 is 8.64. The first-order valence-electron chi connectivity index (χ1n) is 9.87. The van der Waals surface area contributed by atoms with Crippen LogP contribution in [0.2, 0.25) is 5.02 Å². The van der Waals surface area contributed by atoms with E-state index in [0.29, 0.717) is 12.6 Å². The number of rotatable bonds is 2. The molecule has 0 radical (unpaired) electrons. The molecule has 5 heteroatoms. The Morgan fingerprint density at radius 2 is 2.04 bits per heavy atom. The molecule has 4 rings (SSSR count). The summed E-state index contributed by atoms with van der Waals surface area (Å²) < 4.78 is 7.58. The molecule has 1 N–H and O–H groups in total. The fourth-order valence-corrected chi connectivity index (χ4v) is 4.76. The lowest BCUT2D eigenvalue weighted by Gasteiger charge is -2.29. The third-order valence-electron chi connectivity index (χ3n) is 5.54. The van der Waals surface area contributed by atoms with Crippen molar-refractivity contribution in [1.29, 1.82) is 0 Å². The Kier molecular flexibility index (Phi) is 6.46. The predicted molar refractivity (Wildman–Crippen MR) is 121 cm³/mol. The van der Waals surface area contributed by atoms with Crippen molar-refractivity contribution in [3.63, 3.8) is 0 Å². The number of anilines is 1. The summed E-state index contributed by atoms with van der Waals surface area (Å²) in [6.07, 6.45) is 5.94. The molecule has 2 aromatic rings. The SMILES string of the molecule is Clc1ccc2c(c1)CCCCN(C[C@@H]1CCCN1)c1cc(I)ccc1OC2. The normalized spacial score (nSPS) is 20.4. The molecular weight excluding hydrogens is 471 g/mol. The Labute approximate surface area is 180 Å². The topological polar surface area (TPSA) is 24.5 Å². The van der Waals surface area contributed by atoms with E-state index in [0.717, 1.165) is 36.8 Å². The first-order chi connectivity index (χ1) is 13.2. The van der Waals surface area contributed by atoms with Gasteiger partial charge in [-0.05, 0) is 103 Å². The standard InChI is InChI=1S/C22H26ClIN2O/c23-18-7-6-17-15-27-22-9-8-19(24)13-21(22)26(14-20-5-3-10-25-20)11-2-1-4-16(17)12-18/h6-9,12-13,20,25H,1-5,10-11,14-15H2/t20-/m0/s1. The molecule has 2 heterocycles. The average Bonchev–Trinajstić information content (AvgIpc) is 3.16. The number of nitrogens with one attached hydrogen (secondary N) is 1. The van der Waals surface area contributed by atoms with Gasteiger partial charge in [-0.15, -0.1) is 0 Å². The average molecular weight is 497 g/mol. The Bertz CT molecular complexity index is 792. The van der Waals surface area contributed by atoms with E-state index in [1.54, 1.807) is 0 Å². The summed E-state index contributed by atoms with van der Waals surface area (Å²) in [5, 5.41) is 4.46. The summed E-state index contributed by atoms with van der Waals surface area (Å²) in [4.78, 5) is 2.53. The molecular formula is C22H26ClIN2O. The molecule has 0 aromatic heterocycles. The van der Waals surface area contributed by atoms with Gasteiger partial charge in [-0.2, -0.15) is 0 Å². The van der Waals surface area contributed by atoms with E-state index >= 15 is 0 Å². The molecule has 2 aliphatic heterocycles. The molecule has 0 bridgehead atoms. The predicted octanol–water partition coefficient (Wildman–Crippen LogP) is 5.42. The molecule has 0 amide bonds. The van der Waals surface area contributed by atoms with Crippen LogP contribution in [-0.4, -0.2) is 25.7 Å². The van der Waals surface area contributed by atoms with Crippen molar-refractivity contribution in [3.8, 4) is 5.75 Å². The third-order valence-corrected chi connectivity index (χ3v) is 6.45. The van der Waals surface area contributed by atoms with Crippen LogP contribution >= 0.6 is 34.2 Å². The highest BCUT2D eigenvalue weighted by molar-refractivity contribution is 14.1. The van der Waals surface area contributed by atoms with E-state index in [1.807, 2.05) is 6.07 Å². The molecule has 0 unspecified atom stereocenters. The van der Waals surface area contributed by atoms with Crippen molar-refractivity contribution < 1.29 is 4.74 Å². The zero-order valence-electron chi connectivity index (χ0n) is 15.5. The van der Waals surface area contributed by atoms with Crippen LogP contribution in [0, 0.1) is 3.57 Å². The lowest BCUT2D eigenvalue weighted by Crippen LogP contribution is -2.38. The fourth-order valence-electron chi connectivity index (χ4n) is 4.09. The minimum atomic E-state index is 0.580. The Hall–Kier alpha value is -0.980. The zero-order valence-corrected chi connectivity index (χ0v) is 18.4. The second-order valence-electron chi connectivity index (χ2n) is 7.51. The molecule has 1 fully saturated rings. The lowest BCUT2D eigenvalue weighted by molar-refractivity contribution is 0.305. The second kappa shape index (κ2) is 9.01. The van der Waals surface area contributed by atoms with Crippen LogP contribution < -0.4 is 15.0 Å². The number of hydrogen-bond donors (Lipinski definition) is 1. The van der Waals surface area contributed by atoms with Crippen molar-refractivity contribution in [1.82, 2.24) is 5.32 Å². The van der Waals surface area contributed by atoms with Crippen LogP contribution in [0.25, 0.3) is 0 Å². The monoisotopic (exact) mass is 496 g/mol. The lowest BCUT2D eigenvalue weighted by atomic mass is 10.0. The van der Waals surface area contributed by atoms with Gasteiger partial charge >= 0.3 is 0 Å². The Morgan fingerprint density at radius 1 is 1.11 bits per heavy atom. The molecule has 0 aliphatic carbocycles. The highest BCUT2D eigenvalue weighted by Gasteiger charge is 2.21. The van der Waals surface area contributed by atoms with Gasteiger partial charge in [0.05, 0.1) is 5.69 Å². The second-order valence-corrected chi connectivity index (χ2v) is 9.19. The molecule has 1 atom stereocenters. The Morgan fingerprint density at radius 3 is 2.89 bits per heavy atom. The van der Waals surface area contributed by atoms with Gasteiger partial charge in [0.2, 0.25) is 0 Å². The smallest absolute Gasteiger partial charge is 0.143 e. The number of fused-ring (bicyclic) bond motifs is 2. The summed E-state index contributed by atoms with van der Waals surface area (Å²) in [5.74, 6) is 0.983. The maximum absolute atomic E-state index is 6.33. The van der Waals surface area contributed by atoms with E-state index in [2.05, 4.69) is 63.1 Å². The van der Waals surface area contributed by atoms with Gasteiger partial charge in [0.15, 0.2) is 0 Å². The van der Waals surface area contributed by atoms with Gasteiger partial charge in [0, 0.05) is 27.7 Å². The largest absolute Gasteiger partial charge is 0.487 e. The maximum atomic E-state index is 6.33. The van der Waals surface area contributed by atoms with Crippen LogP contribution in [-0.2, 0) is 13.0 Å². The van der Waals surface area contributed by atoms with E-state index in [-0.39, 0.29) is 0 Å². The van der Waals surface area contributed by atoms with Crippen LogP contribution in [0.4, 0.5) is 5.69 Å². The van der Waals surface area contributed by atoms with Gasteiger partial charge in [0.1, 0.15) is 12.4 Å². The molecule has 3 nitrogen and oxygen atoms in total. The van der Waals surface area contributed by atoms with Crippen molar-refractivity contribution in [2.24, 2.45) is 0 Å². The number of halogens is 2. The molecule has 2 aliphatic rings. The number of benzene rings is 2. The molecule has 1 saturated heterocycles. The van der Waals surface area contributed by atoms with Crippen LogP contribution in [0.5, 0.6) is 5.75 Å². The van der Waals surface area contributed by atoms with Gasteiger partial charge in [-0.25, -0.2) is 0 Å². The number of nitrogens with zero attached hydrogens (tertiary/aromatic N) is 1. The first-order valence-corrected chi connectivity index (χ1v) is 11.3. The first kappa shape index (κ1) is 19.3. The van der Waals surface area contributed by atoms with Crippen LogP contribution in [0.1, 0.15) is 36.8 Å². The highest BCUT2D eigenvalue weighted by Crippen LogP contribution is 2.33. The van der Waals surface area contributed by atoms with E-state index in [4.69, 9.17) is 16.3 Å². The Balaban J connectivity index is 1.63. The summed E-state index contributed by atoms with van der Waals surface area (Å²) in [6.45, 7) is 3.85. The highest BCUT2D eigenvalue weighted by atomic mass is 127. The molecule has 0 spiro atoms. The van der Waals surface area contributed by atoms with Gasteiger partial charge < -0.3 is 15.0 Å². The van der Waals surface area contributed by atoms with Crippen molar-refractivity contribution in [3.05, 3.63) is 56.1 Å². The van der Waals surface area contributed by atoms with Gasteiger partial charge in [0.25, 0.3) is 0 Å². The van der Waals surface area contributed by atoms with Crippen molar-refractivity contribution in [2.45, 2.75) is 44.8 Å². The summed E-state index contributed by atoms with van der Waals surface area (Å²) in [7, 11) is 0. The third kappa shape index (κ3) is 4.90. The minimum Gasteiger partial charge on any atom is -0.487 e. The zero-order chi connectivity index (χ0) is 18.6. The molecule has 144 valence electrons. The van der Waals surface area contributed by atoms with Crippen molar-refractivity contribution >= 4 is 39.9 Å². The number of hydrogen-bond acceptors (Lipinski definition) is 3. The summed E-state index contributed by atoms with van der Waals surface area (Å²) in [6, 6.07) is 13.3. The van der Waals surface area contributed by atoms with E-state index in [1.165, 1.54) is 46.1 Å². The number of ether oxygens (including phenoxy) is 1. The molecule has 0 saturated carbocycles. The fraction of sp³-hybridized carbons (Fsp3) is 0.455. The molecule has 2 aromatic carbocycles.